The van der Waals surface area contributed by atoms with Gasteiger partial charge in [0.05, 0.1) is 18.0 Å². The number of anilines is 1. The molecule has 12 heteroatoms. The van der Waals surface area contributed by atoms with E-state index in [4.69, 9.17) is 14.7 Å². The van der Waals surface area contributed by atoms with Crippen molar-refractivity contribution in [3.8, 4) is 17.6 Å². The Morgan fingerprint density at radius 1 is 1.07 bits per heavy atom. The number of carbonyl (C=O) groups excluding carboxylic acids is 2. The highest BCUT2D eigenvalue weighted by Gasteiger charge is 2.29. The molecule has 44 heavy (non-hydrogen) atoms. The van der Waals surface area contributed by atoms with E-state index >= 15 is 0 Å². The van der Waals surface area contributed by atoms with Crippen molar-refractivity contribution in [2.75, 3.05) is 11.1 Å². The zero-order chi connectivity index (χ0) is 32.3. The SMILES string of the molecule is CCC(Oc1ccc(C(C)(C)CC)cc1C(C)(C)CC)C(=O)Nc1ccc(OC(=O)NNC2=CN=C(SCC#N)NS2)cc1. The van der Waals surface area contributed by atoms with E-state index in [2.05, 4.69) is 79.6 Å². The third kappa shape index (κ3) is 9.59. The largest absolute Gasteiger partial charge is 0.480 e. The van der Waals surface area contributed by atoms with Gasteiger partial charge in [-0.15, -0.1) is 0 Å². The zero-order valence-electron chi connectivity index (χ0n) is 26.4. The molecule has 1 aliphatic heterocycles. The van der Waals surface area contributed by atoms with Crippen molar-refractivity contribution in [3.05, 3.63) is 64.8 Å². The van der Waals surface area contributed by atoms with E-state index in [-0.39, 0.29) is 22.5 Å². The number of hydrogen-bond acceptors (Lipinski definition) is 10. The lowest BCUT2D eigenvalue weighted by molar-refractivity contribution is -0.122. The summed E-state index contributed by atoms with van der Waals surface area (Å²) >= 11 is 2.48. The maximum Gasteiger partial charge on any atom is 0.431 e. The number of nitriles is 1. The fraction of sp³-hybridized carbons (Fsp3) is 0.438. The van der Waals surface area contributed by atoms with Crippen LogP contribution in [0.4, 0.5) is 10.5 Å². The van der Waals surface area contributed by atoms with E-state index < -0.39 is 12.2 Å². The first-order valence-electron chi connectivity index (χ1n) is 14.6. The van der Waals surface area contributed by atoms with Crippen LogP contribution in [0.5, 0.6) is 11.5 Å². The van der Waals surface area contributed by atoms with Gasteiger partial charge in [-0.25, -0.2) is 15.2 Å². The number of amides is 2. The lowest BCUT2D eigenvalue weighted by atomic mass is 9.76. The van der Waals surface area contributed by atoms with Crippen LogP contribution in [0.1, 0.15) is 78.9 Å². The van der Waals surface area contributed by atoms with Gasteiger partial charge >= 0.3 is 6.09 Å². The molecule has 0 saturated heterocycles. The molecule has 0 fully saturated rings. The van der Waals surface area contributed by atoms with Crippen molar-refractivity contribution in [1.29, 1.82) is 5.26 Å². The molecule has 2 amide bonds. The molecular weight excluding hydrogens is 597 g/mol. The topological polar surface area (TPSA) is 137 Å². The summed E-state index contributed by atoms with van der Waals surface area (Å²) in [5.74, 6) is 1.04. The van der Waals surface area contributed by atoms with E-state index in [0.29, 0.717) is 28.1 Å². The molecule has 2 aromatic rings. The second-order valence-electron chi connectivity index (χ2n) is 11.4. The van der Waals surface area contributed by atoms with Crippen LogP contribution in [0.2, 0.25) is 0 Å². The lowest BCUT2D eigenvalue weighted by Gasteiger charge is -2.31. The Balaban J connectivity index is 1.59. The van der Waals surface area contributed by atoms with Crippen LogP contribution in [0.3, 0.4) is 0 Å². The fourth-order valence-electron chi connectivity index (χ4n) is 4.02. The van der Waals surface area contributed by atoms with Crippen molar-refractivity contribution >= 4 is 46.6 Å². The molecule has 1 aliphatic rings. The van der Waals surface area contributed by atoms with Gasteiger partial charge in [0.15, 0.2) is 11.3 Å². The van der Waals surface area contributed by atoms with Gasteiger partial charge in [0.1, 0.15) is 16.5 Å². The number of nitrogens with zero attached hydrogens (tertiary/aromatic N) is 2. The minimum Gasteiger partial charge on any atom is -0.480 e. The minimum atomic E-state index is -0.726. The number of hydrogen-bond donors (Lipinski definition) is 4. The fourth-order valence-corrected chi connectivity index (χ4v) is 5.17. The number of amidine groups is 1. The Morgan fingerprint density at radius 3 is 2.36 bits per heavy atom. The molecular formula is C32H42N6O4S2. The maximum absolute atomic E-state index is 13.2. The molecule has 0 saturated carbocycles. The molecule has 236 valence electrons. The average molecular weight is 639 g/mol. The molecule has 2 aromatic carbocycles. The van der Waals surface area contributed by atoms with Crippen molar-refractivity contribution in [2.45, 2.75) is 84.7 Å². The summed E-state index contributed by atoms with van der Waals surface area (Å²) in [6, 6.07) is 14.9. The highest BCUT2D eigenvalue weighted by Crippen LogP contribution is 2.39. The van der Waals surface area contributed by atoms with Crippen molar-refractivity contribution in [1.82, 2.24) is 15.6 Å². The van der Waals surface area contributed by atoms with Gasteiger partial charge in [-0.05, 0) is 66.0 Å². The molecule has 0 spiro atoms. The molecule has 0 aliphatic carbocycles. The first-order chi connectivity index (χ1) is 20.9. The Hall–Kier alpha value is -3.82. The number of rotatable bonds is 13. The number of nitrogens with one attached hydrogen (secondary N) is 4. The van der Waals surface area contributed by atoms with E-state index in [1.807, 2.05) is 19.1 Å². The summed E-state index contributed by atoms with van der Waals surface area (Å²) in [5, 5.41) is 12.7. The predicted octanol–water partition coefficient (Wildman–Crippen LogP) is 7.11. The Kier molecular flexibility index (Phi) is 12.4. The van der Waals surface area contributed by atoms with Gasteiger partial charge in [0, 0.05) is 23.2 Å². The van der Waals surface area contributed by atoms with Gasteiger partial charge in [-0.2, -0.15) is 5.26 Å². The van der Waals surface area contributed by atoms with E-state index in [0.717, 1.165) is 24.2 Å². The zero-order valence-corrected chi connectivity index (χ0v) is 28.0. The van der Waals surface area contributed by atoms with Crippen LogP contribution in [0.25, 0.3) is 0 Å². The average Bonchev–Trinajstić information content (AvgIpc) is 3.02. The second kappa shape index (κ2) is 15.8. The first-order valence-corrected chi connectivity index (χ1v) is 16.4. The highest BCUT2D eigenvalue weighted by atomic mass is 32.2. The van der Waals surface area contributed by atoms with E-state index in [1.165, 1.54) is 35.5 Å². The number of hydrazine groups is 1. The molecule has 4 N–H and O–H groups in total. The summed E-state index contributed by atoms with van der Waals surface area (Å²) in [4.78, 5) is 29.6. The minimum absolute atomic E-state index is 0.0352. The normalized spacial score (nSPS) is 13.8. The van der Waals surface area contributed by atoms with Crippen LogP contribution in [0, 0.1) is 11.3 Å². The van der Waals surface area contributed by atoms with Crippen molar-refractivity contribution < 1.29 is 19.1 Å². The predicted molar refractivity (Wildman–Crippen MR) is 179 cm³/mol. The lowest BCUT2D eigenvalue weighted by Crippen LogP contribution is -2.39. The molecule has 0 radical (unpaired) electrons. The van der Waals surface area contributed by atoms with Gasteiger partial charge < -0.3 is 19.5 Å². The summed E-state index contributed by atoms with van der Waals surface area (Å²) in [7, 11) is 0. The summed E-state index contributed by atoms with van der Waals surface area (Å²) in [6.07, 6.45) is 2.55. The smallest absolute Gasteiger partial charge is 0.431 e. The van der Waals surface area contributed by atoms with Gasteiger partial charge in [-0.3, -0.25) is 10.2 Å². The van der Waals surface area contributed by atoms with Gasteiger partial charge in [0.25, 0.3) is 5.91 Å². The quantitative estimate of drug-likeness (QED) is 0.134. The van der Waals surface area contributed by atoms with E-state index in [1.54, 1.807) is 24.3 Å². The van der Waals surface area contributed by atoms with Crippen LogP contribution in [-0.4, -0.2) is 29.0 Å². The molecule has 10 nitrogen and oxygen atoms in total. The van der Waals surface area contributed by atoms with E-state index in [9.17, 15) is 9.59 Å². The van der Waals surface area contributed by atoms with Crippen LogP contribution in [-0.2, 0) is 15.6 Å². The second-order valence-corrected chi connectivity index (χ2v) is 13.2. The molecule has 1 heterocycles. The maximum atomic E-state index is 13.2. The molecule has 1 atom stereocenters. The van der Waals surface area contributed by atoms with Crippen LogP contribution < -0.4 is 30.4 Å². The number of carbonyl (C=O) groups is 2. The summed E-state index contributed by atoms with van der Waals surface area (Å²) in [6.45, 7) is 15.2. The molecule has 1 unspecified atom stereocenters. The number of ether oxygens (including phenoxy) is 2. The molecule has 3 rings (SSSR count). The summed E-state index contributed by atoms with van der Waals surface area (Å²) in [5.41, 5.74) is 7.95. The third-order valence-electron chi connectivity index (χ3n) is 7.63. The summed E-state index contributed by atoms with van der Waals surface area (Å²) < 4.78 is 14.6. The first kappa shape index (κ1) is 34.7. The van der Waals surface area contributed by atoms with Crippen molar-refractivity contribution in [2.24, 2.45) is 4.99 Å². The highest BCUT2D eigenvalue weighted by molar-refractivity contribution is 8.16. The number of aliphatic imine (C=N–C) groups is 1. The Bertz CT molecular complexity index is 1420. The van der Waals surface area contributed by atoms with Gasteiger partial charge in [-0.1, -0.05) is 72.4 Å². The monoisotopic (exact) mass is 638 g/mol. The molecule has 0 bridgehead atoms. The third-order valence-corrected chi connectivity index (χ3v) is 9.24. The Morgan fingerprint density at radius 2 is 1.77 bits per heavy atom. The standard InChI is InChI=1S/C32H42N6O4S2/c1-8-25(42-26-16-11-21(31(4,5)9-2)19-24(26)32(6,7)10-3)28(39)35-22-12-14-23(15-13-22)41-30(40)37-36-27-20-34-29(38-44-27)43-18-17-33/h11-16,19-20,25,36H,8-10,18H2,1-7H3,(H,34,38)(H,35,39)(H,37,40). The van der Waals surface area contributed by atoms with Crippen LogP contribution >= 0.6 is 23.7 Å². The number of benzene rings is 2. The molecule has 0 aromatic heterocycles. The van der Waals surface area contributed by atoms with Gasteiger partial charge in [0.2, 0.25) is 0 Å². The number of thioether (sulfide) groups is 1. The van der Waals surface area contributed by atoms with Crippen molar-refractivity contribution in [3.63, 3.8) is 0 Å². The Labute approximate surface area is 268 Å². The van der Waals surface area contributed by atoms with Crippen LogP contribution in [0.15, 0.2) is 58.7 Å².